The standard InChI is InChI=1S/C15H22N2O2S/c1-4-17(5-2)15(20)16-13(14(18)19-3)11-12-9-7-6-8-10-12/h6-10,13H,4-5,11H2,1-3H3,(H,16,20)/t13-/m0/s1. The van der Waals surface area contributed by atoms with Gasteiger partial charge in [-0.2, -0.15) is 0 Å². The van der Waals surface area contributed by atoms with E-state index in [-0.39, 0.29) is 5.97 Å². The van der Waals surface area contributed by atoms with E-state index in [1.165, 1.54) is 7.11 Å². The first kappa shape index (κ1) is 16.4. The molecule has 0 unspecified atom stereocenters. The summed E-state index contributed by atoms with van der Waals surface area (Å²) in [6.07, 6.45) is 0.551. The van der Waals surface area contributed by atoms with Crippen molar-refractivity contribution in [1.29, 1.82) is 0 Å². The topological polar surface area (TPSA) is 41.6 Å². The van der Waals surface area contributed by atoms with Crippen molar-refractivity contribution in [2.75, 3.05) is 20.2 Å². The average molecular weight is 294 g/mol. The summed E-state index contributed by atoms with van der Waals surface area (Å²) in [6.45, 7) is 5.67. The lowest BCUT2D eigenvalue weighted by atomic mass is 10.1. The van der Waals surface area contributed by atoms with Gasteiger partial charge in [-0.15, -0.1) is 0 Å². The van der Waals surface area contributed by atoms with E-state index in [0.717, 1.165) is 18.7 Å². The van der Waals surface area contributed by atoms with E-state index in [1.54, 1.807) is 0 Å². The zero-order valence-corrected chi connectivity index (χ0v) is 13.1. The maximum Gasteiger partial charge on any atom is 0.328 e. The van der Waals surface area contributed by atoms with E-state index in [0.29, 0.717) is 11.5 Å². The molecule has 20 heavy (non-hydrogen) atoms. The zero-order valence-electron chi connectivity index (χ0n) is 12.3. The summed E-state index contributed by atoms with van der Waals surface area (Å²) < 4.78 is 4.85. The van der Waals surface area contributed by atoms with Crippen LogP contribution in [-0.2, 0) is 16.0 Å². The molecule has 1 aromatic rings. The summed E-state index contributed by atoms with van der Waals surface area (Å²) >= 11 is 5.34. The van der Waals surface area contributed by atoms with Gasteiger partial charge in [-0.25, -0.2) is 4.79 Å². The van der Waals surface area contributed by atoms with Gasteiger partial charge in [0.15, 0.2) is 5.11 Å². The number of hydrogen-bond acceptors (Lipinski definition) is 3. The molecule has 110 valence electrons. The third-order valence-electron chi connectivity index (χ3n) is 3.12. The minimum Gasteiger partial charge on any atom is -0.467 e. The van der Waals surface area contributed by atoms with Crippen molar-refractivity contribution < 1.29 is 9.53 Å². The van der Waals surface area contributed by atoms with Crippen molar-refractivity contribution in [2.45, 2.75) is 26.3 Å². The number of ether oxygens (including phenoxy) is 1. The van der Waals surface area contributed by atoms with Crippen molar-refractivity contribution in [3.05, 3.63) is 35.9 Å². The lowest BCUT2D eigenvalue weighted by Crippen LogP contribution is -2.49. The first-order chi connectivity index (χ1) is 9.62. The lowest BCUT2D eigenvalue weighted by molar-refractivity contribution is -0.142. The van der Waals surface area contributed by atoms with Crippen LogP contribution >= 0.6 is 12.2 Å². The van der Waals surface area contributed by atoms with Crippen molar-refractivity contribution in [3.63, 3.8) is 0 Å². The number of thiocarbonyl (C=S) groups is 1. The molecule has 0 amide bonds. The molecule has 0 saturated carbocycles. The van der Waals surface area contributed by atoms with Crippen LogP contribution in [0.25, 0.3) is 0 Å². The normalized spacial score (nSPS) is 11.6. The molecule has 0 aliphatic heterocycles. The molecule has 0 heterocycles. The van der Waals surface area contributed by atoms with E-state index in [4.69, 9.17) is 17.0 Å². The second kappa shape index (κ2) is 8.53. The Morgan fingerprint density at radius 2 is 1.90 bits per heavy atom. The van der Waals surface area contributed by atoms with Crippen LogP contribution < -0.4 is 5.32 Å². The smallest absolute Gasteiger partial charge is 0.328 e. The fourth-order valence-corrected chi connectivity index (χ4v) is 2.34. The van der Waals surface area contributed by atoms with Gasteiger partial charge in [-0.3, -0.25) is 0 Å². The molecule has 4 nitrogen and oxygen atoms in total. The molecule has 0 spiro atoms. The van der Waals surface area contributed by atoms with Gasteiger partial charge >= 0.3 is 5.97 Å². The molecule has 1 atom stereocenters. The van der Waals surface area contributed by atoms with Crippen molar-refractivity contribution in [3.8, 4) is 0 Å². The van der Waals surface area contributed by atoms with Crippen LogP contribution in [0, 0.1) is 0 Å². The highest BCUT2D eigenvalue weighted by Crippen LogP contribution is 2.05. The van der Waals surface area contributed by atoms with Gasteiger partial charge in [0, 0.05) is 19.5 Å². The Morgan fingerprint density at radius 1 is 1.30 bits per heavy atom. The number of carbonyl (C=O) groups is 1. The Bertz CT molecular complexity index is 433. The predicted molar refractivity (Wildman–Crippen MR) is 84.6 cm³/mol. The van der Waals surface area contributed by atoms with Crippen molar-refractivity contribution in [1.82, 2.24) is 10.2 Å². The van der Waals surface area contributed by atoms with Crippen LogP contribution in [-0.4, -0.2) is 42.2 Å². The van der Waals surface area contributed by atoms with Gasteiger partial charge in [0.25, 0.3) is 0 Å². The molecule has 5 heteroatoms. The molecule has 1 aromatic carbocycles. The number of methoxy groups -OCH3 is 1. The van der Waals surface area contributed by atoms with Crippen LogP contribution in [0.15, 0.2) is 30.3 Å². The highest BCUT2D eigenvalue weighted by atomic mass is 32.1. The molecule has 0 aliphatic carbocycles. The summed E-state index contributed by atoms with van der Waals surface area (Å²) in [4.78, 5) is 13.9. The molecular formula is C15H22N2O2S. The van der Waals surface area contributed by atoms with E-state index in [9.17, 15) is 4.79 Å². The highest BCUT2D eigenvalue weighted by Gasteiger charge is 2.21. The molecule has 1 rings (SSSR count). The number of carbonyl (C=O) groups excluding carboxylic acids is 1. The summed E-state index contributed by atoms with van der Waals surface area (Å²) in [5, 5.41) is 3.69. The van der Waals surface area contributed by atoms with E-state index in [2.05, 4.69) is 5.32 Å². The molecule has 0 bridgehead atoms. The van der Waals surface area contributed by atoms with Crippen LogP contribution in [0.1, 0.15) is 19.4 Å². The summed E-state index contributed by atoms with van der Waals surface area (Å²) in [5.41, 5.74) is 1.07. The van der Waals surface area contributed by atoms with Crippen molar-refractivity contribution >= 4 is 23.3 Å². The Hall–Kier alpha value is -1.62. The molecule has 0 saturated heterocycles. The number of benzene rings is 1. The van der Waals surface area contributed by atoms with Gasteiger partial charge in [0.1, 0.15) is 6.04 Å². The minimum absolute atomic E-state index is 0.302. The number of nitrogens with one attached hydrogen (secondary N) is 1. The largest absolute Gasteiger partial charge is 0.467 e. The maximum atomic E-state index is 11.9. The van der Waals surface area contributed by atoms with Gasteiger partial charge < -0.3 is 15.0 Å². The molecule has 1 N–H and O–H groups in total. The first-order valence-electron chi connectivity index (χ1n) is 6.79. The Kier molecular flexibility index (Phi) is 7.01. The number of esters is 1. The van der Waals surface area contributed by atoms with Crippen LogP contribution in [0.5, 0.6) is 0 Å². The molecule has 0 radical (unpaired) electrons. The van der Waals surface area contributed by atoms with Crippen LogP contribution in [0.3, 0.4) is 0 Å². The lowest BCUT2D eigenvalue weighted by Gasteiger charge is -2.26. The zero-order chi connectivity index (χ0) is 15.0. The minimum atomic E-state index is -0.463. The van der Waals surface area contributed by atoms with Gasteiger partial charge in [0.2, 0.25) is 0 Å². The Morgan fingerprint density at radius 3 is 2.40 bits per heavy atom. The molecule has 0 aliphatic rings. The van der Waals surface area contributed by atoms with E-state index >= 15 is 0 Å². The monoisotopic (exact) mass is 294 g/mol. The van der Waals surface area contributed by atoms with Gasteiger partial charge in [-0.1, -0.05) is 30.3 Å². The van der Waals surface area contributed by atoms with Crippen LogP contribution in [0.4, 0.5) is 0 Å². The van der Waals surface area contributed by atoms with Gasteiger partial charge in [0.05, 0.1) is 7.11 Å². The number of rotatable bonds is 6. The highest BCUT2D eigenvalue weighted by molar-refractivity contribution is 7.80. The summed E-state index contributed by atoms with van der Waals surface area (Å²) in [7, 11) is 1.39. The third kappa shape index (κ3) is 4.81. The number of hydrogen-bond donors (Lipinski definition) is 1. The fourth-order valence-electron chi connectivity index (χ4n) is 1.94. The number of nitrogens with zero attached hydrogens (tertiary/aromatic N) is 1. The maximum absolute atomic E-state index is 11.9. The summed E-state index contributed by atoms with van der Waals surface area (Å²) in [5.74, 6) is -0.302. The first-order valence-corrected chi connectivity index (χ1v) is 7.20. The molecule has 0 aromatic heterocycles. The Balaban J connectivity index is 2.75. The second-order valence-electron chi connectivity index (χ2n) is 4.39. The fraction of sp³-hybridized carbons (Fsp3) is 0.467. The third-order valence-corrected chi connectivity index (χ3v) is 3.49. The summed E-state index contributed by atoms with van der Waals surface area (Å²) in [6, 6.07) is 9.36. The van der Waals surface area contributed by atoms with Crippen molar-refractivity contribution in [2.24, 2.45) is 0 Å². The van der Waals surface area contributed by atoms with Gasteiger partial charge in [-0.05, 0) is 31.6 Å². The second-order valence-corrected chi connectivity index (χ2v) is 4.77. The Labute approximate surface area is 126 Å². The predicted octanol–water partition coefficient (Wildman–Crippen LogP) is 1.99. The van der Waals surface area contributed by atoms with E-state index in [1.807, 2.05) is 49.1 Å². The molecular weight excluding hydrogens is 272 g/mol. The quantitative estimate of drug-likeness (QED) is 0.642. The van der Waals surface area contributed by atoms with Crippen LogP contribution in [0.2, 0.25) is 0 Å². The average Bonchev–Trinajstić information content (AvgIpc) is 2.48. The van der Waals surface area contributed by atoms with E-state index < -0.39 is 6.04 Å². The SMILES string of the molecule is CCN(CC)C(=S)N[C@@H](Cc1ccccc1)C(=O)OC. The molecule has 0 fully saturated rings.